The Morgan fingerprint density at radius 3 is 2.57 bits per heavy atom. The smallest absolute Gasteiger partial charge is 0.274 e. The van der Waals surface area contributed by atoms with E-state index in [4.69, 9.17) is 0 Å². The van der Waals surface area contributed by atoms with Crippen molar-refractivity contribution in [1.82, 2.24) is 0 Å². The van der Waals surface area contributed by atoms with Gasteiger partial charge in [-0.05, 0) is 26.0 Å². The number of nitro groups is 1. The van der Waals surface area contributed by atoms with Gasteiger partial charge >= 0.3 is 0 Å². The van der Waals surface area contributed by atoms with Crippen LogP contribution in [-0.4, -0.2) is 4.92 Å². The van der Waals surface area contributed by atoms with E-state index in [2.05, 4.69) is 5.32 Å². The molecule has 0 heterocycles. The molecule has 0 bridgehead atoms. The first-order chi connectivity index (χ1) is 9.90. The lowest BCUT2D eigenvalue weighted by Gasteiger charge is -2.18. The third-order valence-electron chi connectivity index (χ3n) is 3.30. The molecule has 1 N–H and O–H groups in total. The third kappa shape index (κ3) is 3.16. The monoisotopic (exact) mass is 292 g/mol. The van der Waals surface area contributed by atoms with E-state index in [1.165, 1.54) is 18.2 Å². The molecule has 6 heteroatoms. The van der Waals surface area contributed by atoms with Crippen molar-refractivity contribution in [3.05, 3.63) is 69.3 Å². The average Bonchev–Trinajstić information content (AvgIpc) is 2.40. The van der Waals surface area contributed by atoms with Gasteiger partial charge in [-0.15, -0.1) is 0 Å². The molecule has 1 atom stereocenters. The van der Waals surface area contributed by atoms with Gasteiger partial charge < -0.3 is 5.32 Å². The lowest BCUT2D eigenvalue weighted by molar-refractivity contribution is -0.385. The van der Waals surface area contributed by atoms with Crippen molar-refractivity contribution in [2.75, 3.05) is 5.32 Å². The highest BCUT2D eigenvalue weighted by Crippen LogP contribution is 2.29. The van der Waals surface area contributed by atoms with E-state index >= 15 is 0 Å². The van der Waals surface area contributed by atoms with Crippen LogP contribution in [0.15, 0.2) is 36.4 Å². The Bertz CT molecular complexity index is 689. The predicted molar refractivity (Wildman–Crippen MR) is 76.2 cm³/mol. The highest BCUT2D eigenvalue weighted by molar-refractivity contribution is 5.60. The van der Waals surface area contributed by atoms with Crippen LogP contribution in [0.4, 0.5) is 20.2 Å². The first kappa shape index (κ1) is 14.9. The quantitative estimate of drug-likeness (QED) is 0.673. The van der Waals surface area contributed by atoms with E-state index in [9.17, 15) is 18.9 Å². The number of hydrogen-bond donors (Lipinski definition) is 1. The van der Waals surface area contributed by atoms with E-state index in [0.717, 1.165) is 6.07 Å². The van der Waals surface area contributed by atoms with E-state index in [1.807, 2.05) is 0 Å². The van der Waals surface area contributed by atoms with Crippen LogP contribution >= 0.6 is 0 Å². The maximum Gasteiger partial charge on any atom is 0.274 e. The van der Waals surface area contributed by atoms with Crippen LogP contribution in [0.3, 0.4) is 0 Å². The second-order valence-electron chi connectivity index (χ2n) is 4.74. The first-order valence-electron chi connectivity index (χ1n) is 6.35. The second kappa shape index (κ2) is 5.87. The normalized spacial score (nSPS) is 12.0. The number of halogens is 2. The number of benzene rings is 2. The van der Waals surface area contributed by atoms with Crippen LogP contribution in [0.5, 0.6) is 0 Å². The molecule has 0 saturated carbocycles. The number of nitrogens with zero attached hydrogens (tertiary/aromatic N) is 1. The number of nitro benzene ring substituents is 1. The van der Waals surface area contributed by atoms with Crippen molar-refractivity contribution < 1.29 is 13.7 Å². The topological polar surface area (TPSA) is 55.2 Å². The van der Waals surface area contributed by atoms with Crippen LogP contribution in [-0.2, 0) is 0 Å². The van der Waals surface area contributed by atoms with Crippen molar-refractivity contribution in [2.45, 2.75) is 19.9 Å². The molecular formula is C15H14F2N2O2. The molecule has 2 aromatic carbocycles. The molecular weight excluding hydrogens is 278 g/mol. The molecule has 4 nitrogen and oxygen atoms in total. The zero-order chi connectivity index (χ0) is 15.6. The largest absolute Gasteiger partial charge is 0.378 e. The summed E-state index contributed by atoms with van der Waals surface area (Å²) in [5, 5.41) is 13.9. The Hall–Kier alpha value is -2.50. The van der Waals surface area contributed by atoms with Gasteiger partial charge in [0.2, 0.25) is 0 Å². The molecule has 2 aromatic rings. The lowest BCUT2D eigenvalue weighted by atomic mass is 10.1. The molecule has 0 aromatic heterocycles. The molecule has 0 saturated heterocycles. The molecule has 0 amide bonds. The first-order valence-corrected chi connectivity index (χ1v) is 6.35. The van der Waals surface area contributed by atoms with Gasteiger partial charge in [-0.1, -0.05) is 12.1 Å². The summed E-state index contributed by atoms with van der Waals surface area (Å²) in [6.45, 7) is 3.32. The van der Waals surface area contributed by atoms with E-state index in [1.54, 1.807) is 26.0 Å². The average molecular weight is 292 g/mol. The highest BCUT2D eigenvalue weighted by Gasteiger charge is 2.16. The molecule has 110 valence electrons. The zero-order valence-electron chi connectivity index (χ0n) is 11.6. The van der Waals surface area contributed by atoms with Gasteiger partial charge in [0.15, 0.2) is 0 Å². The van der Waals surface area contributed by atoms with Crippen LogP contribution in [0.1, 0.15) is 24.1 Å². The van der Waals surface area contributed by atoms with Crippen molar-refractivity contribution in [3.63, 3.8) is 0 Å². The standard InChI is InChI=1S/C15H14F2N2O2/c1-9-14(4-3-5-15(9)19(20)21)18-10(2)12-7-6-11(16)8-13(12)17/h3-8,10,18H,1-2H3. The van der Waals surface area contributed by atoms with Gasteiger partial charge in [0, 0.05) is 28.9 Å². The van der Waals surface area contributed by atoms with Crippen LogP contribution in [0.2, 0.25) is 0 Å². The van der Waals surface area contributed by atoms with E-state index in [0.29, 0.717) is 16.8 Å². The lowest BCUT2D eigenvalue weighted by Crippen LogP contribution is -2.10. The second-order valence-corrected chi connectivity index (χ2v) is 4.74. The van der Waals surface area contributed by atoms with Gasteiger partial charge in [-0.25, -0.2) is 8.78 Å². The molecule has 0 aliphatic carbocycles. The molecule has 0 fully saturated rings. The number of anilines is 1. The summed E-state index contributed by atoms with van der Waals surface area (Å²) in [7, 11) is 0. The Kier molecular flexibility index (Phi) is 4.16. The minimum absolute atomic E-state index is 0.00761. The van der Waals surface area contributed by atoms with Crippen molar-refractivity contribution >= 4 is 11.4 Å². The summed E-state index contributed by atoms with van der Waals surface area (Å²) in [5.74, 6) is -1.30. The van der Waals surface area contributed by atoms with E-state index in [-0.39, 0.29) is 5.69 Å². The fourth-order valence-electron chi connectivity index (χ4n) is 2.14. The Morgan fingerprint density at radius 1 is 1.24 bits per heavy atom. The molecule has 0 spiro atoms. The van der Waals surface area contributed by atoms with Crippen LogP contribution in [0.25, 0.3) is 0 Å². The van der Waals surface area contributed by atoms with Crippen LogP contribution < -0.4 is 5.32 Å². The zero-order valence-corrected chi connectivity index (χ0v) is 11.6. The minimum Gasteiger partial charge on any atom is -0.378 e. The predicted octanol–water partition coefficient (Wildman–Crippen LogP) is 4.35. The summed E-state index contributed by atoms with van der Waals surface area (Å²) < 4.78 is 26.6. The molecule has 2 rings (SSSR count). The summed E-state index contributed by atoms with van der Waals surface area (Å²) >= 11 is 0. The highest BCUT2D eigenvalue weighted by atomic mass is 19.1. The number of rotatable bonds is 4. The van der Waals surface area contributed by atoms with Gasteiger partial charge in [0.05, 0.1) is 11.0 Å². The van der Waals surface area contributed by atoms with Crippen LogP contribution in [0, 0.1) is 28.7 Å². The SMILES string of the molecule is Cc1c(NC(C)c2ccc(F)cc2F)cccc1[N+](=O)[O-]. The minimum atomic E-state index is -0.655. The summed E-state index contributed by atoms with van der Waals surface area (Å²) in [5.41, 5.74) is 1.30. The Labute approximate surface area is 120 Å². The van der Waals surface area contributed by atoms with Crippen molar-refractivity contribution in [1.29, 1.82) is 0 Å². The third-order valence-corrected chi connectivity index (χ3v) is 3.30. The fraction of sp³-hybridized carbons (Fsp3) is 0.200. The maximum atomic E-state index is 13.7. The number of hydrogen-bond acceptors (Lipinski definition) is 3. The number of nitrogens with one attached hydrogen (secondary N) is 1. The van der Waals surface area contributed by atoms with Gasteiger partial charge in [-0.3, -0.25) is 10.1 Å². The van der Waals surface area contributed by atoms with E-state index < -0.39 is 22.6 Å². The maximum absolute atomic E-state index is 13.7. The Morgan fingerprint density at radius 2 is 1.95 bits per heavy atom. The Balaban J connectivity index is 2.29. The molecule has 1 unspecified atom stereocenters. The summed E-state index contributed by atoms with van der Waals surface area (Å²) in [6.07, 6.45) is 0. The molecule has 0 radical (unpaired) electrons. The van der Waals surface area contributed by atoms with Gasteiger partial charge in [0.1, 0.15) is 11.6 Å². The molecule has 21 heavy (non-hydrogen) atoms. The summed E-state index contributed by atoms with van der Waals surface area (Å²) in [4.78, 5) is 10.4. The molecule has 0 aliphatic heterocycles. The molecule has 0 aliphatic rings. The van der Waals surface area contributed by atoms with Crippen molar-refractivity contribution in [2.24, 2.45) is 0 Å². The summed E-state index contributed by atoms with van der Waals surface area (Å²) in [6, 6.07) is 7.54. The fourth-order valence-corrected chi connectivity index (χ4v) is 2.14. The van der Waals surface area contributed by atoms with Gasteiger partial charge in [-0.2, -0.15) is 0 Å². The van der Waals surface area contributed by atoms with Crippen molar-refractivity contribution in [3.8, 4) is 0 Å². The van der Waals surface area contributed by atoms with Gasteiger partial charge in [0.25, 0.3) is 5.69 Å².